The third kappa shape index (κ3) is 4.19. The molecule has 26 heavy (non-hydrogen) atoms. The molecule has 0 fully saturated rings. The van der Waals surface area contributed by atoms with Gasteiger partial charge in [-0.05, 0) is 30.7 Å². The number of nitriles is 1. The van der Waals surface area contributed by atoms with E-state index in [2.05, 4.69) is 5.92 Å². The number of aryl methyl sites for hydroxylation is 1. The molecule has 6 nitrogen and oxygen atoms in total. The second kappa shape index (κ2) is 8.36. The van der Waals surface area contributed by atoms with Crippen LogP contribution in [0.3, 0.4) is 0 Å². The van der Waals surface area contributed by atoms with Crippen LogP contribution in [0.2, 0.25) is 0 Å². The predicted octanol–water partition coefficient (Wildman–Crippen LogP) is 2.29. The van der Waals surface area contributed by atoms with Gasteiger partial charge in [0.25, 0.3) is 5.56 Å². The summed E-state index contributed by atoms with van der Waals surface area (Å²) >= 11 is 0. The average Bonchev–Trinajstić information content (AvgIpc) is 2.62. The number of hydrogen-bond donors (Lipinski definition) is 1. The molecular weight excluding hydrogens is 332 g/mol. The Hall–Kier alpha value is -3.77. The lowest BCUT2D eigenvalue weighted by Crippen LogP contribution is -2.27. The van der Waals surface area contributed by atoms with E-state index in [9.17, 15) is 14.7 Å². The first kappa shape index (κ1) is 18.6. The summed E-state index contributed by atoms with van der Waals surface area (Å²) < 4.78 is 6.44. The Kier molecular flexibility index (Phi) is 5.97. The number of carbonyl (C=O) groups is 1. The van der Waals surface area contributed by atoms with E-state index in [0.717, 1.165) is 0 Å². The third-order valence-corrected chi connectivity index (χ3v) is 3.57. The van der Waals surface area contributed by atoms with E-state index in [1.54, 1.807) is 31.2 Å². The molecule has 0 saturated carbocycles. The van der Waals surface area contributed by atoms with E-state index < -0.39 is 11.3 Å². The van der Waals surface area contributed by atoms with Crippen molar-refractivity contribution >= 4 is 11.9 Å². The van der Waals surface area contributed by atoms with Crippen molar-refractivity contribution in [2.75, 3.05) is 6.61 Å². The van der Waals surface area contributed by atoms with Crippen LogP contribution in [-0.4, -0.2) is 22.1 Å². The molecule has 0 saturated heterocycles. The van der Waals surface area contributed by atoms with Crippen LogP contribution in [0.15, 0.2) is 41.2 Å². The second-order valence-corrected chi connectivity index (χ2v) is 5.36. The van der Waals surface area contributed by atoms with Crippen molar-refractivity contribution in [1.29, 1.82) is 5.26 Å². The second-order valence-electron chi connectivity index (χ2n) is 5.36. The Morgan fingerprint density at radius 2 is 2.19 bits per heavy atom. The van der Waals surface area contributed by atoms with Gasteiger partial charge >= 0.3 is 0 Å². The van der Waals surface area contributed by atoms with Gasteiger partial charge in [-0.3, -0.25) is 9.59 Å². The molecule has 1 aromatic heterocycles. The van der Waals surface area contributed by atoms with Crippen LogP contribution < -0.4 is 10.3 Å². The quantitative estimate of drug-likeness (QED) is 0.491. The number of carbonyl (C=O) groups excluding carboxylic acids is 1. The fourth-order valence-corrected chi connectivity index (χ4v) is 2.35. The molecule has 6 heteroatoms. The van der Waals surface area contributed by atoms with Crippen molar-refractivity contribution in [2.45, 2.75) is 13.5 Å². The van der Waals surface area contributed by atoms with Gasteiger partial charge in [-0.25, -0.2) is 0 Å². The standard InChI is InChI=1S/C20H16N2O4/c1-3-10-22-14(2)12-18(24)19(20(22)25)17(23)8-7-15-5-4-6-16(13-15)26-11-9-21/h1,4-8,12-13,24H,10-11H2,2H3. The third-order valence-electron chi connectivity index (χ3n) is 3.57. The van der Waals surface area contributed by atoms with E-state index in [4.69, 9.17) is 16.4 Å². The summed E-state index contributed by atoms with van der Waals surface area (Å²) in [6.07, 6.45) is 7.92. The highest BCUT2D eigenvalue weighted by molar-refractivity contribution is 6.08. The number of pyridine rings is 1. The van der Waals surface area contributed by atoms with E-state index in [1.165, 1.54) is 22.8 Å². The number of aromatic hydroxyl groups is 1. The first-order valence-electron chi connectivity index (χ1n) is 7.67. The zero-order chi connectivity index (χ0) is 19.1. The normalized spacial score (nSPS) is 10.3. The lowest BCUT2D eigenvalue weighted by Gasteiger charge is -2.09. The van der Waals surface area contributed by atoms with Crippen LogP contribution in [0.4, 0.5) is 0 Å². The van der Waals surface area contributed by atoms with Gasteiger partial charge in [0.2, 0.25) is 0 Å². The lowest BCUT2D eigenvalue weighted by molar-refractivity contribution is 0.104. The van der Waals surface area contributed by atoms with Crippen molar-refractivity contribution in [3.05, 3.63) is 63.6 Å². The molecule has 0 bridgehead atoms. The fourth-order valence-electron chi connectivity index (χ4n) is 2.35. The highest BCUT2D eigenvalue weighted by atomic mass is 16.5. The molecular formula is C20H16N2O4. The molecule has 1 heterocycles. The number of rotatable bonds is 6. The first-order chi connectivity index (χ1) is 12.5. The Bertz CT molecular complexity index is 1000. The van der Waals surface area contributed by atoms with Crippen LogP contribution in [0, 0.1) is 30.6 Å². The van der Waals surface area contributed by atoms with E-state index >= 15 is 0 Å². The summed E-state index contributed by atoms with van der Waals surface area (Å²) in [6, 6.07) is 9.96. The van der Waals surface area contributed by atoms with Crippen molar-refractivity contribution in [3.8, 4) is 29.9 Å². The molecule has 0 radical (unpaired) electrons. The van der Waals surface area contributed by atoms with Crippen LogP contribution in [0.1, 0.15) is 21.6 Å². The number of ether oxygens (including phenoxy) is 1. The first-order valence-corrected chi connectivity index (χ1v) is 7.67. The molecule has 2 aromatic rings. The molecule has 0 unspecified atom stereocenters. The fraction of sp³-hybridized carbons (Fsp3) is 0.150. The summed E-state index contributed by atoms with van der Waals surface area (Å²) in [7, 11) is 0. The number of benzene rings is 1. The minimum Gasteiger partial charge on any atom is -0.507 e. The lowest BCUT2D eigenvalue weighted by atomic mass is 10.1. The Morgan fingerprint density at radius 1 is 1.42 bits per heavy atom. The van der Waals surface area contributed by atoms with Crippen LogP contribution in [-0.2, 0) is 6.54 Å². The van der Waals surface area contributed by atoms with Gasteiger partial charge in [0.15, 0.2) is 12.4 Å². The van der Waals surface area contributed by atoms with Crippen molar-refractivity contribution < 1.29 is 14.6 Å². The zero-order valence-electron chi connectivity index (χ0n) is 14.1. The van der Waals surface area contributed by atoms with E-state index in [-0.39, 0.29) is 24.5 Å². The highest BCUT2D eigenvalue weighted by Crippen LogP contribution is 2.18. The zero-order valence-corrected chi connectivity index (χ0v) is 14.1. The van der Waals surface area contributed by atoms with Crippen molar-refractivity contribution in [3.63, 3.8) is 0 Å². The van der Waals surface area contributed by atoms with Gasteiger partial charge < -0.3 is 14.4 Å². The molecule has 2 rings (SSSR count). The molecule has 130 valence electrons. The van der Waals surface area contributed by atoms with Crippen LogP contribution in [0.25, 0.3) is 6.08 Å². The molecule has 1 aromatic carbocycles. The molecule has 0 aliphatic heterocycles. The van der Waals surface area contributed by atoms with Crippen LogP contribution >= 0.6 is 0 Å². The van der Waals surface area contributed by atoms with Gasteiger partial charge in [0.1, 0.15) is 23.1 Å². The monoisotopic (exact) mass is 348 g/mol. The summed E-state index contributed by atoms with van der Waals surface area (Å²) in [5.74, 6) is 1.80. The Labute approximate surface area is 150 Å². The summed E-state index contributed by atoms with van der Waals surface area (Å²) in [6.45, 7) is 1.54. The van der Waals surface area contributed by atoms with Gasteiger partial charge in [-0.1, -0.05) is 24.1 Å². The molecule has 1 N–H and O–H groups in total. The minimum atomic E-state index is -0.638. The van der Waals surface area contributed by atoms with Crippen molar-refractivity contribution in [1.82, 2.24) is 4.57 Å². The number of terminal acetylenes is 1. The number of hydrogen-bond acceptors (Lipinski definition) is 5. The maximum Gasteiger partial charge on any atom is 0.266 e. The van der Waals surface area contributed by atoms with E-state index in [0.29, 0.717) is 17.0 Å². The predicted molar refractivity (Wildman–Crippen MR) is 96.9 cm³/mol. The molecule has 0 spiro atoms. The summed E-state index contributed by atoms with van der Waals surface area (Å²) in [4.78, 5) is 24.8. The van der Waals surface area contributed by atoms with Gasteiger partial charge in [0, 0.05) is 11.8 Å². The number of aromatic nitrogens is 1. The van der Waals surface area contributed by atoms with Gasteiger partial charge in [-0.2, -0.15) is 5.26 Å². The molecule has 0 aliphatic rings. The Balaban J connectivity index is 2.32. The average molecular weight is 348 g/mol. The number of ketones is 1. The number of nitrogens with zero attached hydrogens (tertiary/aromatic N) is 2. The number of allylic oxidation sites excluding steroid dienone is 1. The van der Waals surface area contributed by atoms with Gasteiger partial charge in [0.05, 0.1) is 6.54 Å². The summed E-state index contributed by atoms with van der Waals surface area (Å²) in [5, 5.41) is 18.5. The molecule has 0 atom stereocenters. The maximum absolute atomic E-state index is 12.4. The smallest absolute Gasteiger partial charge is 0.266 e. The maximum atomic E-state index is 12.4. The largest absolute Gasteiger partial charge is 0.507 e. The van der Waals surface area contributed by atoms with Crippen LogP contribution in [0.5, 0.6) is 11.5 Å². The van der Waals surface area contributed by atoms with Gasteiger partial charge in [-0.15, -0.1) is 6.42 Å². The Morgan fingerprint density at radius 3 is 2.88 bits per heavy atom. The minimum absolute atomic E-state index is 0.00716. The highest BCUT2D eigenvalue weighted by Gasteiger charge is 2.17. The SMILES string of the molecule is C#CCn1c(C)cc(O)c(C(=O)C=Cc2cccc(OCC#N)c2)c1=O. The van der Waals surface area contributed by atoms with Crippen molar-refractivity contribution in [2.24, 2.45) is 0 Å². The molecule has 0 amide bonds. The van der Waals surface area contributed by atoms with E-state index in [1.807, 2.05) is 6.07 Å². The summed E-state index contributed by atoms with van der Waals surface area (Å²) in [5.41, 5.74) is 0.137. The topological polar surface area (TPSA) is 92.3 Å². The molecule has 0 aliphatic carbocycles.